The predicted molar refractivity (Wildman–Crippen MR) is 71.9 cm³/mol. The summed E-state index contributed by atoms with van der Waals surface area (Å²) in [5.41, 5.74) is 0.604. The van der Waals surface area contributed by atoms with Crippen LogP contribution >= 0.6 is 15.9 Å². The average Bonchev–Trinajstić information content (AvgIpc) is 2.95. The Morgan fingerprint density at radius 3 is 2.95 bits per heavy atom. The standard InChI is InChI=1S/C13H13BrFN3O/c1-7-2-3-16-11(7)13-17-12(18-19-13)8-4-9(14)6-10(15)5-8/h4-7,11,16H,2-3H2,1H3. The molecule has 1 aliphatic rings. The predicted octanol–water partition coefficient (Wildman–Crippen LogP) is 3.31. The third-order valence-corrected chi connectivity index (χ3v) is 3.82. The van der Waals surface area contributed by atoms with Crippen LogP contribution in [0.25, 0.3) is 11.4 Å². The zero-order valence-electron chi connectivity index (χ0n) is 10.4. The van der Waals surface area contributed by atoms with Gasteiger partial charge >= 0.3 is 0 Å². The van der Waals surface area contributed by atoms with Gasteiger partial charge in [-0.1, -0.05) is 28.0 Å². The minimum atomic E-state index is -0.330. The maximum Gasteiger partial charge on any atom is 0.244 e. The van der Waals surface area contributed by atoms with Gasteiger partial charge in [-0.2, -0.15) is 4.98 Å². The Morgan fingerprint density at radius 2 is 2.26 bits per heavy atom. The van der Waals surface area contributed by atoms with Crippen LogP contribution < -0.4 is 5.32 Å². The topological polar surface area (TPSA) is 51.0 Å². The minimum absolute atomic E-state index is 0.0956. The molecule has 2 aromatic rings. The molecule has 2 atom stereocenters. The van der Waals surface area contributed by atoms with Crippen LogP contribution in [0.15, 0.2) is 27.2 Å². The van der Waals surface area contributed by atoms with E-state index in [1.165, 1.54) is 12.1 Å². The van der Waals surface area contributed by atoms with Crippen LogP contribution in [0, 0.1) is 11.7 Å². The summed E-state index contributed by atoms with van der Waals surface area (Å²) in [6.45, 7) is 3.10. The van der Waals surface area contributed by atoms with Crippen molar-refractivity contribution in [3.05, 3.63) is 34.4 Å². The van der Waals surface area contributed by atoms with Crippen molar-refractivity contribution < 1.29 is 8.91 Å². The first kappa shape index (κ1) is 12.7. The van der Waals surface area contributed by atoms with Crippen LogP contribution in [0.2, 0.25) is 0 Å². The van der Waals surface area contributed by atoms with Gasteiger partial charge in [-0.05, 0) is 37.1 Å². The van der Waals surface area contributed by atoms with Gasteiger partial charge in [0.25, 0.3) is 0 Å². The summed E-state index contributed by atoms with van der Waals surface area (Å²) in [6, 6.07) is 4.65. The largest absolute Gasteiger partial charge is 0.337 e. The Hall–Kier alpha value is -1.27. The summed E-state index contributed by atoms with van der Waals surface area (Å²) in [7, 11) is 0. The molecule has 0 aliphatic carbocycles. The zero-order valence-corrected chi connectivity index (χ0v) is 11.9. The number of nitrogens with zero attached hydrogens (tertiary/aromatic N) is 2. The lowest BCUT2D eigenvalue weighted by Gasteiger charge is -2.09. The van der Waals surface area contributed by atoms with Crippen LogP contribution in [0.4, 0.5) is 4.39 Å². The van der Waals surface area contributed by atoms with Crippen molar-refractivity contribution in [2.24, 2.45) is 5.92 Å². The molecule has 1 fully saturated rings. The first-order chi connectivity index (χ1) is 9.13. The number of aromatic nitrogens is 2. The van der Waals surface area contributed by atoms with Crippen molar-refractivity contribution in [1.82, 2.24) is 15.5 Å². The van der Waals surface area contributed by atoms with Crippen LogP contribution in [-0.2, 0) is 0 Å². The number of nitrogens with one attached hydrogen (secondary N) is 1. The van der Waals surface area contributed by atoms with Crippen molar-refractivity contribution in [3.8, 4) is 11.4 Å². The quantitative estimate of drug-likeness (QED) is 0.920. The molecule has 2 unspecified atom stereocenters. The number of rotatable bonds is 2. The van der Waals surface area contributed by atoms with E-state index in [1.807, 2.05) is 0 Å². The van der Waals surface area contributed by atoms with Crippen molar-refractivity contribution in [2.75, 3.05) is 6.54 Å². The molecule has 1 saturated heterocycles. The second kappa shape index (κ2) is 5.02. The smallest absolute Gasteiger partial charge is 0.244 e. The fourth-order valence-corrected chi connectivity index (χ4v) is 2.79. The van der Waals surface area contributed by atoms with E-state index in [4.69, 9.17) is 4.52 Å². The van der Waals surface area contributed by atoms with E-state index in [-0.39, 0.29) is 11.9 Å². The third kappa shape index (κ3) is 2.55. The molecule has 1 aliphatic heterocycles. The Kier molecular flexibility index (Phi) is 3.36. The highest BCUT2D eigenvalue weighted by Crippen LogP contribution is 2.30. The van der Waals surface area contributed by atoms with Gasteiger partial charge in [0.1, 0.15) is 5.82 Å². The summed E-state index contributed by atoms with van der Waals surface area (Å²) < 4.78 is 19.3. The van der Waals surface area contributed by atoms with Gasteiger partial charge in [0.2, 0.25) is 11.7 Å². The molecule has 3 rings (SSSR count). The Morgan fingerprint density at radius 1 is 1.42 bits per heavy atom. The van der Waals surface area contributed by atoms with E-state index in [2.05, 4.69) is 38.3 Å². The highest BCUT2D eigenvalue weighted by molar-refractivity contribution is 9.10. The van der Waals surface area contributed by atoms with Crippen LogP contribution in [0.5, 0.6) is 0 Å². The first-order valence-corrected chi connectivity index (χ1v) is 6.96. The summed E-state index contributed by atoms with van der Waals surface area (Å²) in [6.07, 6.45) is 1.09. The summed E-state index contributed by atoms with van der Waals surface area (Å²) >= 11 is 3.25. The maximum atomic E-state index is 13.4. The average molecular weight is 326 g/mol. The van der Waals surface area contributed by atoms with Crippen LogP contribution in [0.3, 0.4) is 0 Å². The lowest BCUT2D eigenvalue weighted by molar-refractivity contribution is 0.319. The summed E-state index contributed by atoms with van der Waals surface area (Å²) in [4.78, 5) is 4.37. The normalized spacial score (nSPS) is 22.9. The van der Waals surface area contributed by atoms with Gasteiger partial charge in [-0.15, -0.1) is 0 Å². The molecule has 19 heavy (non-hydrogen) atoms. The molecule has 0 bridgehead atoms. The molecule has 6 heteroatoms. The number of halogens is 2. The maximum absolute atomic E-state index is 13.4. The number of benzene rings is 1. The molecular weight excluding hydrogens is 313 g/mol. The molecule has 1 aromatic carbocycles. The molecule has 1 aromatic heterocycles. The molecule has 1 N–H and O–H groups in total. The lowest BCUT2D eigenvalue weighted by atomic mass is 10.0. The molecule has 0 amide bonds. The molecule has 0 radical (unpaired) electrons. The van der Waals surface area contributed by atoms with Gasteiger partial charge in [-0.3, -0.25) is 0 Å². The van der Waals surface area contributed by atoms with E-state index >= 15 is 0 Å². The fourth-order valence-electron chi connectivity index (χ4n) is 2.33. The van der Waals surface area contributed by atoms with E-state index < -0.39 is 0 Å². The van der Waals surface area contributed by atoms with E-state index in [1.54, 1.807) is 6.07 Å². The third-order valence-electron chi connectivity index (χ3n) is 3.36. The van der Waals surface area contributed by atoms with E-state index in [0.29, 0.717) is 27.7 Å². The minimum Gasteiger partial charge on any atom is -0.337 e. The van der Waals surface area contributed by atoms with Crippen LogP contribution in [0.1, 0.15) is 25.3 Å². The number of hydrogen-bond acceptors (Lipinski definition) is 4. The monoisotopic (exact) mass is 325 g/mol. The van der Waals surface area contributed by atoms with Crippen molar-refractivity contribution in [2.45, 2.75) is 19.4 Å². The molecule has 4 nitrogen and oxygen atoms in total. The van der Waals surface area contributed by atoms with Gasteiger partial charge in [0, 0.05) is 10.0 Å². The highest BCUT2D eigenvalue weighted by Gasteiger charge is 2.29. The second-order valence-electron chi connectivity index (χ2n) is 4.81. The van der Waals surface area contributed by atoms with Crippen LogP contribution in [-0.4, -0.2) is 16.7 Å². The molecular formula is C13H13BrFN3O. The second-order valence-corrected chi connectivity index (χ2v) is 5.73. The fraction of sp³-hybridized carbons (Fsp3) is 0.385. The van der Waals surface area contributed by atoms with Crippen molar-refractivity contribution in [3.63, 3.8) is 0 Å². The van der Waals surface area contributed by atoms with Crippen molar-refractivity contribution >= 4 is 15.9 Å². The number of hydrogen-bond donors (Lipinski definition) is 1. The molecule has 0 spiro atoms. The summed E-state index contributed by atoms with van der Waals surface area (Å²) in [5.74, 6) is 1.12. The van der Waals surface area contributed by atoms with Gasteiger partial charge in [0.15, 0.2) is 0 Å². The summed E-state index contributed by atoms with van der Waals surface area (Å²) in [5, 5.41) is 7.26. The molecule has 100 valence electrons. The SMILES string of the molecule is CC1CCNC1c1nc(-c2cc(F)cc(Br)c2)no1. The van der Waals surface area contributed by atoms with Gasteiger partial charge in [-0.25, -0.2) is 4.39 Å². The first-order valence-electron chi connectivity index (χ1n) is 6.17. The Bertz CT molecular complexity index is 581. The van der Waals surface area contributed by atoms with E-state index in [0.717, 1.165) is 13.0 Å². The Labute approximate surface area is 118 Å². The van der Waals surface area contributed by atoms with Crippen molar-refractivity contribution in [1.29, 1.82) is 0 Å². The van der Waals surface area contributed by atoms with Gasteiger partial charge < -0.3 is 9.84 Å². The molecule has 0 saturated carbocycles. The highest BCUT2D eigenvalue weighted by atomic mass is 79.9. The van der Waals surface area contributed by atoms with E-state index in [9.17, 15) is 4.39 Å². The zero-order chi connectivity index (χ0) is 13.4. The Balaban J connectivity index is 1.92. The molecule has 2 heterocycles. The lowest BCUT2D eigenvalue weighted by Crippen LogP contribution is -2.16. The van der Waals surface area contributed by atoms with Gasteiger partial charge in [0.05, 0.1) is 6.04 Å².